The maximum absolute atomic E-state index is 12.0. The third-order valence-corrected chi connectivity index (χ3v) is 2.45. The number of hydrogen-bond donors (Lipinski definition) is 2. The fraction of sp³-hybridized carbons (Fsp3) is 0.182. The Bertz CT molecular complexity index is 541. The van der Waals surface area contributed by atoms with Crippen LogP contribution in [0.3, 0.4) is 0 Å². The fourth-order valence-electron chi connectivity index (χ4n) is 1.53. The summed E-state index contributed by atoms with van der Waals surface area (Å²) >= 11 is 0. The molecule has 0 radical (unpaired) electrons. The van der Waals surface area contributed by atoms with Crippen molar-refractivity contribution in [2.45, 2.75) is 6.92 Å². The molecule has 0 aliphatic carbocycles. The lowest BCUT2D eigenvalue weighted by atomic mass is 10.2. The molecule has 0 fully saturated rings. The van der Waals surface area contributed by atoms with Gasteiger partial charge in [-0.15, -0.1) is 0 Å². The van der Waals surface area contributed by atoms with E-state index in [2.05, 4.69) is 15.4 Å². The summed E-state index contributed by atoms with van der Waals surface area (Å²) in [6.07, 6.45) is 4.76. The summed E-state index contributed by atoms with van der Waals surface area (Å²) in [5.41, 5.74) is 7.99. The third-order valence-electron chi connectivity index (χ3n) is 2.45. The van der Waals surface area contributed by atoms with Crippen molar-refractivity contribution < 1.29 is 4.79 Å². The largest absolute Gasteiger partial charge is 0.396 e. The number of nitrogens with two attached hydrogens (primary N) is 1. The second-order valence-corrected chi connectivity index (χ2v) is 3.72. The molecule has 0 atom stereocenters. The Morgan fingerprint density at radius 2 is 2.24 bits per heavy atom. The Morgan fingerprint density at radius 3 is 2.82 bits per heavy atom. The van der Waals surface area contributed by atoms with Crippen molar-refractivity contribution in [3.05, 3.63) is 35.9 Å². The molecule has 3 N–H and O–H groups in total. The first kappa shape index (κ1) is 11.1. The van der Waals surface area contributed by atoms with Gasteiger partial charge in [0.25, 0.3) is 5.91 Å². The smallest absolute Gasteiger partial charge is 0.276 e. The van der Waals surface area contributed by atoms with Crippen LogP contribution in [0.15, 0.2) is 24.7 Å². The summed E-state index contributed by atoms with van der Waals surface area (Å²) in [7, 11) is 1.67. The number of nitrogens with zero attached hydrogens (tertiary/aromatic N) is 3. The van der Waals surface area contributed by atoms with Crippen molar-refractivity contribution in [3.63, 3.8) is 0 Å². The van der Waals surface area contributed by atoms with Gasteiger partial charge in [-0.05, 0) is 18.6 Å². The van der Waals surface area contributed by atoms with Crippen molar-refractivity contribution in [1.82, 2.24) is 14.8 Å². The van der Waals surface area contributed by atoms with Crippen LogP contribution in [0.5, 0.6) is 0 Å². The van der Waals surface area contributed by atoms with Crippen molar-refractivity contribution in [1.29, 1.82) is 0 Å². The molecule has 1 amide bonds. The molecule has 0 bridgehead atoms. The minimum Gasteiger partial charge on any atom is -0.396 e. The number of rotatable bonds is 2. The normalized spacial score (nSPS) is 10.2. The van der Waals surface area contributed by atoms with Gasteiger partial charge in [0.2, 0.25) is 0 Å². The lowest BCUT2D eigenvalue weighted by molar-refractivity contribution is 0.101. The molecular formula is C11H13N5O. The van der Waals surface area contributed by atoms with Crippen LogP contribution >= 0.6 is 0 Å². The summed E-state index contributed by atoms with van der Waals surface area (Å²) < 4.78 is 1.45. The molecule has 0 saturated carbocycles. The molecule has 17 heavy (non-hydrogen) atoms. The lowest BCUT2D eigenvalue weighted by Crippen LogP contribution is -2.18. The van der Waals surface area contributed by atoms with Gasteiger partial charge in [-0.1, -0.05) is 0 Å². The molecule has 2 heterocycles. The average molecular weight is 231 g/mol. The summed E-state index contributed by atoms with van der Waals surface area (Å²) in [6.45, 7) is 1.87. The van der Waals surface area contributed by atoms with Gasteiger partial charge in [0.05, 0.1) is 11.9 Å². The molecule has 0 unspecified atom stereocenters. The van der Waals surface area contributed by atoms with Crippen LogP contribution in [0.4, 0.5) is 11.4 Å². The van der Waals surface area contributed by atoms with Gasteiger partial charge in [-0.2, -0.15) is 5.10 Å². The van der Waals surface area contributed by atoms with Gasteiger partial charge in [0.1, 0.15) is 5.69 Å². The second kappa shape index (κ2) is 4.25. The van der Waals surface area contributed by atoms with Crippen LogP contribution in [0, 0.1) is 6.92 Å². The molecule has 88 valence electrons. The highest BCUT2D eigenvalue weighted by molar-refractivity contribution is 6.06. The first-order chi connectivity index (χ1) is 8.09. The van der Waals surface area contributed by atoms with Gasteiger partial charge in [0, 0.05) is 25.1 Å². The number of nitrogens with one attached hydrogen (secondary N) is 1. The van der Waals surface area contributed by atoms with E-state index in [-0.39, 0.29) is 5.91 Å². The van der Waals surface area contributed by atoms with E-state index in [0.29, 0.717) is 17.1 Å². The number of amides is 1. The van der Waals surface area contributed by atoms with Crippen molar-refractivity contribution in [2.75, 3.05) is 11.1 Å². The van der Waals surface area contributed by atoms with Crippen molar-refractivity contribution in [3.8, 4) is 0 Å². The molecule has 0 spiro atoms. The Kier molecular flexibility index (Phi) is 2.78. The van der Waals surface area contributed by atoms with E-state index < -0.39 is 0 Å². The number of aromatic nitrogens is 3. The number of hydrogen-bond acceptors (Lipinski definition) is 4. The summed E-state index contributed by atoms with van der Waals surface area (Å²) in [5, 5.41) is 6.69. The topological polar surface area (TPSA) is 85.8 Å². The van der Waals surface area contributed by atoms with Crippen LogP contribution in [0.2, 0.25) is 0 Å². The SMILES string of the molecule is Cc1cnccc1NC(=O)c1c(N)cnn1C. The van der Waals surface area contributed by atoms with Crippen molar-refractivity contribution in [2.24, 2.45) is 7.05 Å². The maximum Gasteiger partial charge on any atom is 0.276 e. The number of carbonyl (C=O) groups excluding carboxylic acids is 1. The van der Waals surface area contributed by atoms with E-state index in [4.69, 9.17) is 5.73 Å². The highest BCUT2D eigenvalue weighted by Crippen LogP contribution is 2.15. The molecule has 6 heteroatoms. The molecule has 2 aromatic rings. The first-order valence-corrected chi connectivity index (χ1v) is 5.09. The van der Waals surface area contributed by atoms with Gasteiger partial charge in [0.15, 0.2) is 0 Å². The van der Waals surface area contributed by atoms with E-state index in [1.54, 1.807) is 25.5 Å². The average Bonchev–Trinajstić information content (AvgIpc) is 2.62. The first-order valence-electron chi connectivity index (χ1n) is 5.09. The summed E-state index contributed by atoms with van der Waals surface area (Å²) in [5.74, 6) is -0.281. The highest BCUT2D eigenvalue weighted by Gasteiger charge is 2.15. The molecule has 0 saturated heterocycles. The number of aryl methyl sites for hydroxylation is 2. The van der Waals surface area contributed by atoms with E-state index in [1.807, 2.05) is 6.92 Å². The molecule has 2 rings (SSSR count). The fourth-order valence-corrected chi connectivity index (χ4v) is 1.53. The molecule has 6 nitrogen and oxygen atoms in total. The predicted octanol–water partition coefficient (Wildman–Crippen LogP) is 0.958. The Morgan fingerprint density at radius 1 is 1.47 bits per heavy atom. The van der Waals surface area contributed by atoms with E-state index in [0.717, 1.165) is 5.56 Å². The number of anilines is 2. The van der Waals surface area contributed by atoms with Crippen LogP contribution in [-0.4, -0.2) is 20.7 Å². The Hall–Kier alpha value is -2.37. The summed E-state index contributed by atoms with van der Waals surface area (Å²) in [6, 6.07) is 1.74. The molecule has 2 aromatic heterocycles. The number of pyridine rings is 1. The zero-order chi connectivity index (χ0) is 12.4. The summed E-state index contributed by atoms with van der Waals surface area (Å²) in [4.78, 5) is 16.0. The van der Waals surface area contributed by atoms with E-state index in [9.17, 15) is 4.79 Å². The van der Waals surface area contributed by atoms with Crippen LogP contribution < -0.4 is 11.1 Å². The molecule has 0 aliphatic rings. The standard InChI is InChI=1S/C11H13N5O/c1-7-5-13-4-3-9(7)15-11(17)10-8(12)6-14-16(10)2/h3-6H,12H2,1-2H3,(H,13,15,17). The zero-order valence-corrected chi connectivity index (χ0v) is 9.64. The van der Waals surface area contributed by atoms with Crippen LogP contribution in [0.25, 0.3) is 0 Å². The molecular weight excluding hydrogens is 218 g/mol. The quantitative estimate of drug-likeness (QED) is 0.806. The third kappa shape index (κ3) is 2.10. The predicted molar refractivity (Wildman–Crippen MR) is 64.5 cm³/mol. The van der Waals surface area contributed by atoms with Gasteiger partial charge < -0.3 is 11.1 Å². The highest BCUT2D eigenvalue weighted by atomic mass is 16.2. The minimum atomic E-state index is -0.281. The second-order valence-electron chi connectivity index (χ2n) is 3.72. The van der Waals surface area contributed by atoms with Crippen molar-refractivity contribution >= 4 is 17.3 Å². The van der Waals surface area contributed by atoms with Gasteiger partial charge >= 0.3 is 0 Å². The lowest BCUT2D eigenvalue weighted by Gasteiger charge is -2.08. The Balaban J connectivity index is 2.27. The zero-order valence-electron chi connectivity index (χ0n) is 9.64. The Labute approximate surface area is 98.5 Å². The molecule has 0 aliphatic heterocycles. The van der Waals surface area contributed by atoms with E-state index in [1.165, 1.54) is 10.9 Å². The van der Waals surface area contributed by atoms with Crippen LogP contribution in [-0.2, 0) is 7.05 Å². The number of nitrogen functional groups attached to an aromatic ring is 1. The van der Waals surface area contributed by atoms with Gasteiger partial charge in [-0.3, -0.25) is 14.5 Å². The molecule has 0 aromatic carbocycles. The van der Waals surface area contributed by atoms with Crippen LogP contribution in [0.1, 0.15) is 16.1 Å². The number of carbonyl (C=O) groups is 1. The minimum absolute atomic E-state index is 0.281. The van der Waals surface area contributed by atoms with Gasteiger partial charge in [-0.25, -0.2) is 0 Å². The maximum atomic E-state index is 12.0. The van der Waals surface area contributed by atoms with E-state index >= 15 is 0 Å². The monoisotopic (exact) mass is 231 g/mol.